The first-order chi connectivity index (χ1) is 12.8. The molecule has 0 fully saturated rings. The van der Waals surface area contributed by atoms with E-state index in [1.165, 1.54) is 20.8 Å². The van der Waals surface area contributed by atoms with E-state index >= 15 is 0 Å². The van der Waals surface area contributed by atoms with E-state index in [2.05, 4.69) is 0 Å². The van der Waals surface area contributed by atoms with Gasteiger partial charge in [-0.2, -0.15) is 52.7 Å². The van der Waals surface area contributed by atoms with Crippen LogP contribution in [-0.4, -0.2) is 33.0 Å². The quantitative estimate of drug-likeness (QED) is 0.301. The van der Waals surface area contributed by atoms with Crippen LogP contribution in [0, 0.1) is 5.92 Å². The van der Waals surface area contributed by atoms with Crippen molar-refractivity contribution >= 4 is 8.32 Å². The molecule has 29 heavy (non-hydrogen) atoms. The predicted molar refractivity (Wildman–Crippen MR) is 80.0 cm³/mol. The molecule has 1 rings (SSSR count). The van der Waals surface area contributed by atoms with E-state index in [-0.39, 0.29) is 18.1 Å². The molecule has 1 unspecified atom stereocenters. The maximum atomic E-state index is 13.4. The van der Waals surface area contributed by atoms with E-state index in [0.29, 0.717) is 0 Å². The van der Waals surface area contributed by atoms with E-state index in [0.717, 1.165) is 0 Å². The molecule has 1 aliphatic carbocycles. The molecule has 14 heteroatoms. The van der Waals surface area contributed by atoms with Crippen LogP contribution in [0.2, 0.25) is 18.1 Å². The second-order valence-corrected chi connectivity index (χ2v) is 11.0. The lowest BCUT2D eigenvalue weighted by Crippen LogP contribution is -2.40. The van der Waals surface area contributed by atoms with Crippen LogP contribution < -0.4 is 0 Å². The second kappa shape index (κ2) is 7.73. The Morgan fingerprint density at radius 1 is 0.655 bits per heavy atom. The summed E-state index contributed by atoms with van der Waals surface area (Å²) in [5.74, 6) is -6.57. The minimum Gasteiger partial charge on any atom is -0.545 e. The molecular formula is C15H16F12OSi. The molecule has 0 saturated heterocycles. The summed E-state index contributed by atoms with van der Waals surface area (Å²) in [6.07, 6.45) is -24.9. The Morgan fingerprint density at radius 3 is 1.28 bits per heavy atom. The van der Waals surface area contributed by atoms with Gasteiger partial charge in [0, 0.05) is 0 Å². The predicted octanol–water partition coefficient (Wildman–Crippen LogP) is 7.44. The minimum atomic E-state index is -6.35. The molecule has 0 amide bonds. The fourth-order valence-electron chi connectivity index (χ4n) is 3.18. The first kappa shape index (κ1) is 25.7. The molecule has 0 aromatic rings. The van der Waals surface area contributed by atoms with Crippen molar-refractivity contribution in [2.45, 2.75) is 63.6 Å². The van der Waals surface area contributed by atoms with Gasteiger partial charge in [-0.3, -0.25) is 0 Å². The molecule has 0 aromatic heterocycles. The topological polar surface area (TPSA) is 9.23 Å². The first-order valence-electron chi connectivity index (χ1n) is 8.22. The Hall–Kier alpha value is -1.34. The number of rotatable bonds is 5. The maximum Gasteiger partial charge on any atom is 0.420 e. The molecule has 0 aliphatic heterocycles. The van der Waals surface area contributed by atoms with Gasteiger partial charge in [-0.25, -0.2) is 0 Å². The third-order valence-corrected chi connectivity index (χ3v) is 9.29. The lowest BCUT2D eigenvalue weighted by atomic mass is 9.97. The standard InChI is InChI=1S/C15H16F12OSi/c1-4-29(5-2,6-3)28-11-9(14(22,23)24)7(12(16,17)18)8(13(19,20)21)10(11)15(25,26)27/h9H,4-6H2,1-3H3. The molecular weight excluding hydrogens is 452 g/mol. The Bertz CT molecular complexity index is 665. The van der Waals surface area contributed by atoms with Crippen molar-refractivity contribution in [3.63, 3.8) is 0 Å². The van der Waals surface area contributed by atoms with Gasteiger partial charge in [0.1, 0.15) is 17.3 Å². The summed E-state index contributed by atoms with van der Waals surface area (Å²) in [5.41, 5.74) is -9.82. The van der Waals surface area contributed by atoms with E-state index in [1.54, 1.807) is 0 Å². The molecule has 1 aliphatic rings. The normalized spacial score (nSPS) is 20.0. The molecule has 0 bridgehead atoms. The number of hydrogen-bond acceptors (Lipinski definition) is 1. The Kier molecular flexibility index (Phi) is 6.85. The van der Waals surface area contributed by atoms with Gasteiger partial charge in [-0.15, -0.1) is 0 Å². The first-order valence-corrected chi connectivity index (χ1v) is 10.8. The molecule has 1 nitrogen and oxygen atoms in total. The highest BCUT2D eigenvalue weighted by Gasteiger charge is 2.67. The largest absolute Gasteiger partial charge is 0.545 e. The molecule has 0 N–H and O–H groups in total. The van der Waals surface area contributed by atoms with Gasteiger partial charge in [0.2, 0.25) is 8.32 Å². The Labute approximate surface area is 158 Å². The fourth-order valence-corrected chi connectivity index (χ4v) is 5.80. The summed E-state index contributed by atoms with van der Waals surface area (Å²) in [5, 5.41) is 0. The SMILES string of the molecule is CC[Si](CC)(CC)OC1=C(C(F)(F)F)C(C(F)(F)F)=C(C(F)(F)F)C1C(F)(F)F. The summed E-state index contributed by atoms with van der Waals surface area (Å²) in [7, 11) is -3.52. The summed E-state index contributed by atoms with van der Waals surface area (Å²) < 4.78 is 165. The zero-order valence-electron chi connectivity index (χ0n) is 15.1. The van der Waals surface area contributed by atoms with Crippen molar-refractivity contribution in [2.75, 3.05) is 0 Å². The number of hydrogen-bond donors (Lipinski definition) is 0. The average Bonchev–Trinajstić information content (AvgIpc) is 2.88. The van der Waals surface area contributed by atoms with Crippen LogP contribution in [0.5, 0.6) is 0 Å². The van der Waals surface area contributed by atoms with Crippen molar-refractivity contribution < 1.29 is 57.1 Å². The Balaban J connectivity index is 4.07. The number of allylic oxidation sites excluding steroid dienone is 3. The van der Waals surface area contributed by atoms with Gasteiger partial charge >= 0.3 is 24.7 Å². The van der Waals surface area contributed by atoms with Crippen molar-refractivity contribution in [3.05, 3.63) is 22.5 Å². The minimum absolute atomic E-state index is 0.109. The highest BCUT2D eigenvalue weighted by molar-refractivity contribution is 6.73. The van der Waals surface area contributed by atoms with Gasteiger partial charge in [0.05, 0.1) is 11.1 Å². The number of halogens is 12. The van der Waals surface area contributed by atoms with E-state index in [9.17, 15) is 52.7 Å². The van der Waals surface area contributed by atoms with Crippen molar-refractivity contribution in [3.8, 4) is 0 Å². The summed E-state index contributed by atoms with van der Waals surface area (Å²) in [6, 6.07) is -0.328. The van der Waals surface area contributed by atoms with Crippen LogP contribution in [0.4, 0.5) is 52.7 Å². The summed E-state index contributed by atoms with van der Waals surface area (Å²) >= 11 is 0. The third-order valence-electron chi connectivity index (χ3n) is 4.78. The second-order valence-electron chi connectivity index (χ2n) is 6.34. The van der Waals surface area contributed by atoms with Gasteiger partial charge in [0.25, 0.3) is 0 Å². The fraction of sp³-hybridized carbons (Fsp3) is 0.733. The van der Waals surface area contributed by atoms with Crippen LogP contribution in [0.3, 0.4) is 0 Å². The third kappa shape index (κ3) is 5.05. The van der Waals surface area contributed by atoms with Crippen LogP contribution in [-0.2, 0) is 4.43 Å². The average molecular weight is 468 g/mol. The van der Waals surface area contributed by atoms with Crippen molar-refractivity contribution in [2.24, 2.45) is 5.92 Å². The van der Waals surface area contributed by atoms with E-state index in [1.807, 2.05) is 0 Å². The maximum absolute atomic E-state index is 13.4. The van der Waals surface area contributed by atoms with Crippen LogP contribution >= 0.6 is 0 Å². The lowest BCUT2D eigenvalue weighted by Gasteiger charge is -2.34. The molecule has 0 heterocycles. The van der Waals surface area contributed by atoms with Crippen molar-refractivity contribution in [1.82, 2.24) is 0 Å². The summed E-state index contributed by atoms with van der Waals surface area (Å²) in [4.78, 5) is 0. The van der Waals surface area contributed by atoms with Gasteiger partial charge < -0.3 is 4.43 Å². The lowest BCUT2D eigenvalue weighted by molar-refractivity contribution is -0.183. The molecule has 0 spiro atoms. The highest BCUT2D eigenvalue weighted by Crippen LogP contribution is 2.59. The van der Waals surface area contributed by atoms with E-state index in [4.69, 9.17) is 4.43 Å². The van der Waals surface area contributed by atoms with E-state index < -0.39 is 61.4 Å². The molecule has 170 valence electrons. The van der Waals surface area contributed by atoms with Crippen LogP contribution in [0.15, 0.2) is 22.5 Å². The van der Waals surface area contributed by atoms with Gasteiger partial charge in [0.15, 0.2) is 0 Å². The molecule has 0 radical (unpaired) electrons. The van der Waals surface area contributed by atoms with Crippen LogP contribution in [0.1, 0.15) is 20.8 Å². The monoisotopic (exact) mass is 468 g/mol. The molecule has 0 saturated carbocycles. The molecule has 0 aromatic carbocycles. The summed E-state index contributed by atoms with van der Waals surface area (Å²) in [6.45, 7) is 4.02. The molecule has 1 atom stereocenters. The Morgan fingerprint density at radius 2 is 1.03 bits per heavy atom. The van der Waals surface area contributed by atoms with Gasteiger partial charge in [-0.1, -0.05) is 20.8 Å². The number of alkyl halides is 12. The smallest absolute Gasteiger partial charge is 0.420 e. The zero-order valence-corrected chi connectivity index (χ0v) is 16.1. The zero-order chi connectivity index (χ0) is 23.2. The highest BCUT2D eigenvalue weighted by atomic mass is 28.4. The van der Waals surface area contributed by atoms with Crippen LogP contribution in [0.25, 0.3) is 0 Å². The van der Waals surface area contributed by atoms with Gasteiger partial charge in [-0.05, 0) is 18.1 Å². The van der Waals surface area contributed by atoms with Crippen molar-refractivity contribution in [1.29, 1.82) is 0 Å².